The molecule has 0 heterocycles. The van der Waals surface area contributed by atoms with Gasteiger partial charge in [-0.2, -0.15) is 0 Å². The molecule has 0 unspecified atom stereocenters. The lowest BCUT2D eigenvalue weighted by Gasteiger charge is -2.33. The lowest BCUT2D eigenvalue weighted by atomic mass is 10.1. The van der Waals surface area contributed by atoms with E-state index in [0.29, 0.717) is 11.4 Å². The molecule has 0 spiro atoms. The Labute approximate surface area is 224 Å². The van der Waals surface area contributed by atoms with E-state index in [1.54, 1.807) is 24.3 Å². The normalized spacial score (nSPS) is 12.0. The van der Waals surface area contributed by atoms with Gasteiger partial charge in [0.2, 0.25) is 11.8 Å². The highest BCUT2D eigenvalue weighted by molar-refractivity contribution is 7.92. The third-order valence-electron chi connectivity index (χ3n) is 6.16. The summed E-state index contributed by atoms with van der Waals surface area (Å²) in [5.74, 6) is -0.829. The molecule has 0 saturated heterocycles. The minimum Gasteiger partial charge on any atom is -0.357 e. The van der Waals surface area contributed by atoms with Crippen LogP contribution in [0.2, 0.25) is 5.02 Å². The van der Waals surface area contributed by atoms with E-state index in [-0.39, 0.29) is 23.0 Å². The van der Waals surface area contributed by atoms with Gasteiger partial charge in [-0.25, -0.2) is 8.42 Å². The van der Waals surface area contributed by atoms with Crippen LogP contribution in [0.3, 0.4) is 0 Å². The molecule has 0 saturated carbocycles. The van der Waals surface area contributed by atoms with Gasteiger partial charge in [0.05, 0.1) is 10.6 Å². The van der Waals surface area contributed by atoms with E-state index < -0.39 is 28.5 Å². The number of aryl methyl sites for hydroxylation is 2. The number of carbonyl (C=O) groups is 2. The molecule has 196 valence electrons. The van der Waals surface area contributed by atoms with Crippen LogP contribution in [-0.2, 0) is 26.2 Å². The van der Waals surface area contributed by atoms with Crippen LogP contribution in [0.25, 0.3) is 0 Å². The second-order valence-electron chi connectivity index (χ2n) is 8.80. The number of carbonyl (C=O) groups excluding carboxylic acids is 2. The molecule has 9 heteroatoms. The van der Waals surface area contributed by atoms with Crippen molar-refractivity contribution in [2.75, 3.05) is 17.9 Å². The number of hydrogen-bond donors (Lipinski definition) is 1. The van der Waals surface area contributed by atoms with Crippen molar-refractivity contribution in [2.24, 2.45) is 0 Å². The van der Waals surface area contributed by atoms with Crippen molar-refractivity contribution in [2.45, 2.75) is 44.7 Å². The summed E-state index contributed by atoms with van der Waals surface area (Å²) in [4.78, 5) is 28.0. The molecule has 0 radical (unpaired) electrons. The van der Waals surface area contributed by atoms with Crippen LogP contribution >= 0.6 is 11.6 Å². The van der Waals surface area contributed by atoms with Crippen LogP contribution in [0.1, 0.15) is 30.0 Å². The SMILES string of the molecule is CC[C@@H](C(=O)NC)N(Cc1ccccc1)C(=O)CN(c1ccc(C)c(Cl)c1)S(=O)(=O)c1ccc(C)cc1. The zero-order valence-electron chi connectivity index (χ0n) is 21.4. The third-order valence-corrected chi connectivity index (χ3v) is 8.35. The number of likely N-dealkylation sites (N-methyl/N-ethyl adjacent to an activating group) is 1. The lowest BCUT2D eigenvalue weighted by Crippen LogP contribution is -2.51. The molecule has 0 fully saturated rings. The molecule has 0 aliphatic rings. The van der Waals surface area contributed by atoms with Crippen molar-refractivity contribution in [3.8, 4) is 0 Å². The zero-order valence-corrected chi connectivity index (χ0v) is 23.0. The van der Waals surface area contributed by atoms with Gasteiger partial charge in [-0.3, -0.25) is 13.9 Å². The molecule has 3 aromatic rings. The van der Waals surface area contributed by atoms with Gasteiger partial charge in [0.1, 0.15) is 12.6 Å². The van der Waals surface area contributed by atoms with Gasteiger partial charge in [-0.05, 0) is 55.7 Å². The number of rotatable bonds is 10. The second kappa shape index (κ2) is 12.3. The fourth-order valence-corrected chi connectivity index (χ4v) is 5.55. The van der Waals surface area contributed by atoms with Crippen LogP contribution in [-0.4, -0.2) is 44.8 Å². The standard InChI is InChI=1S/C28H32ClN3O4S/c1-5-26(28(34)30-4)31(18-22-9-7-6-8-10-22)27(33)19-32(23-14-13-21(3)25(29)17-23)37(35,36)24-15-11-20(2)12-16-24/h6-17,26H,5,18-19H2,1-4H3,(H,30,34)/t26-/m0/s1. The minimum absolute atomic E-state index is 0.0514. The first-order valence-electron chi connectivity index (χ1n) is 12.0. The Kier molecular flexibility index (Phi) is 9.34. The molecule has 0 aliphatic carbocycles. The molecule has 1 atom stereocenters. The number of nitrogens with one attached hydrogen (secondary N) is 1. The Morgan fingerprint density at radius 1 is 0.973 bits per heavy atom. The predicted octanol–water partition coefficient (Wildman–Crippen LogP) is 4.71. The maximum Gasteiger partial charge on any atom is 0.264 e. The maximum atomic E-state index is 13.8. The summed E-state index contributed by atoms with van der Waals surface area (Å²) in [6.45, 7) is 5.13. The van der Waals surface area contributed by atoms with Crippen molar-refractivity contribution < 1.29 is 18.0 Å². The van der Waals surface area contributed by atoms with Crippen molar-refractivity contribution in [1.29, 1.82) is 0 Å². The Bertz CT molecular complexity index is 1350. The summed E-state index contributed by atoms with van der Waals surface area (Å²) in [7, 11) is -2.62. The van der Waals surface area contributed by atoms with Gasteiger partial charge in [0.25, 0.3) is 10.0 Å². The monoisotopic (exact) mass is 541 g/mol. The molecular weight excluding hydrogens is 510 g/mol. The molecule has 0 aliphatic heterocycles. The molecule has 3 rings (SSSR count). The van der Waals surface area contributed by atoms with Crippen molar-refractivity contribution >= 4 is 39.1 Å². The number of amides is 2. The highest BCUT2D eigenvalue weighted by atomic mass is 35.5. The summed E-state index contributed by atoms with van der Waals surface area (Å²) >= 11 is 6.34. The first-order valence-corrected chi connectivity index (χ1v) is 13.8. The minimum atomic E-state index is -4.13. The van der Waals surface area contributed by atoms with Gasteiger partial charge in [0, 0.05) is 18.6 Å². The Balaban J connectivity index is 2.07. The number of halogens is 1. The van der Waals surface area contributed by atoms with Gasteiger partial charge in [-0.1, -0.05) is 72.6 Å². The highest BCUT2D eigenvalue weighted by Crippen LogP contribution is 2.29. The Hall–Kier alpha value is -3.36. The van der Waals surface area contributed by atoms with E-state index in [0.717, 1.165) is 21.0 Å². The number of sulfonamides is 1. The van der Waals surface area contributed by atoms with Crippen LogP contribution in [0.4, 0.5) is 5.69 Å². The molecule has 0 aromatic heterocycles. The van der Waals surface area contributed by atoms with Gasteiger partial charge in [-0.15, -0.1) is 0 Å². The summed E-state index contributed by atoms with van der Waals surface area (Å²) in [6.07, 6.45) is 0.360. The summed E-state index contributed by atoms with van der Waals surface area (Å²) < 4.78 is 28.7. The summed E-state index contributed by atoms with van der Waals surface area (Å²) in [5, 5.41) is 3.00. The quantitative estimate of drug-likeness (QED) is 0.403. The number of hydrogen-bond acceptors (Lipinski definition) is 4. The average molecular weight is 542 g/mol. The largest absolute Gasteiger partial charge is 0.357 e. The number of anilines is 1. The Morgan fingerprint density at radius 2 is 1.62 bits per heavy atom. The Morgan fingerprint density at radius 3 is 2.19 bits per heavy atom. The first-order chi connectivity index (χ1) is 17.6. The third kappa shape index (κ3) is 6.70. The molecular formula is C28H32ClN3O4S. The average Bonchev–Trinajstić information content (AvgIpc) is 2.89. The first kappa shape index (κ1) is 28.2. The van der Waals surface area contributed by atoms with Crippen molar-refractivity contribution in [3.63, 3.8) is 0 Å². The number of nitrogens with zero attached hydrogens (tertiary/aromatic N) is 2. The van der Waals surface area contributed by atoms with E-state index in [4.69, 9.17) is 11.6 Å². The summed E-state index contributed by atoms with van der Waals surface area (Å²) in [6, 6.07) is 19.8. The van der Waals surface area contributed by atoms with Gasteiger partial charge in [0.15, 0.2) is 0 Å². The molecule has 0 bridgehead atoms. The molecule has 3 aromatic carbocycles. The van der Waals surface area contributed by atoms with Gasteiger partial charge < -0.3 is 10.2 Å². The van der Waals surface area contributed by atoms with Crippen LogP contribution in [0.5, 0.6) is 0 Å². The smallest absolute Gasteiger partial charge is 0.264 e. The molecule has 1 N–H and O–H groups in total. The van der Waals surface area contributed by atoms with Crippen molar-refractivity contribution in [1.82, 2.24) is 10.2 Å². The van der Waals surface area contributed by atoms with E-state index in [1.165, 1.54) is 30.1 Å². The van der Waals surface area contributed by atoms with Crippen LogP contribution in [0.15, 0.2) is 77.7 Å². The zero-order chi connectivity index (χ0) is 27.2. The molecule has 37 heavy (non-hydrogen) atoms. The lowest BCUT2D eigenvalue weighted by molar-refractivity contribution is -0.140. The second-order valence-corrected chi connectivity index (χ2v) is 11.1. The fourth-order valence-electron chi connectivity index (χ4n) is 3.97. The fraction of sp³-hybridized carbons (Fsp3) is 0.286. The van der Waals surface area contributed by atoms with E-state index in [9.17, 15) is 18.0 Å². The predicted molar refractivity (Wildman–Crippen MR) is 147 cm³/mol. The van der Waals surface area contributed by atoms with E-state index in [2.05, 4.69) is 5.32 Å². The van der Waals surface area contributed by atoms with E-state index >= 15 is 0 Å². The number of benzene rings is 3. The molecule has 7 nitrogen and oxygen atoms in total. The van der Waals surface area contributed by atoms with E-state index in [1.807, 2.05) is 51.1 Å². The van der Waals surface area contributed by atoms with Gasteiger partial charge >= 0.3 is 0 Å². The van der Waals surface area contributed by atoms with Crippen molar-refractivity contribution in [3.05, 3.63) is 94.5 Å². The summed E-state index contributed by atoms with van der Waals surface area (Å²) in [5.41, 5.74) is 2.77. The van der Waals surface area contributed by atoms with Crippen LogP contribution < -0.4 is 9.62 Å². The highest BCUT2D eigenvalue weighted by Gasteiger charge is 2.33. The molecule has 2 amide bonds. The maximum absolute atomic E-state index is 13.8. The topological polar surface area (TPSA) is 86.8 Å². The van der Waals surface area contributed by atoms with Crippen LogP contribution in [0, 0.1) is 13.8 Å².